The van der Waals surface area contributed by atoms with Crippen LogP contribution in [0.4, 0.5) is 0 Å². The first-order chi connectivity index (χ1) is 9.28. The van der Waals surface area contributed by atoms with Crippen molar-refractivity contribution in [3.63, 3.8) is 0 Å². The van der Waals surface area contributed by atoms with Crippen LogP contribution in [0.25, 0.3) is 0 Å². The fraction of sp³-hybridized carbons (Fsp3) is 0.333. The van der Waals surface area contributed by atoms with Gasteiger partial charge in [-0.2, -0.15) is 0 Å². The third-order valence-corrected chi connectivity index (χ3v) is 23.1. The van der Waals surface area contributed by atoms with Crippen molar-refractivity contribution in [3.8, 4) is 0 Å². The average molecular weight is 299 g/mol. The Bertz CT molecular complexity index is 578. The number of benzene rings is 2. The van der Waals surface area contributed by atoms with Crippen LogP contribution in [-0.2, 0) is 0 Å². The second kappa shape index (κ2) is 5.34. The molecule has 0 saturated carbocycles. The molecule has 0 atom stereocenters. The van der Waals surface area contributed by atoms with Crippen LogP contribution in [0.15, 0.2) is 48.5 Å². The minimum atomic E-state index is -1.50. The number of rotatable bonds is 3. The van der Waals surface area contributed by atoms with Gasteiger partial charge in [-0.25, -0.2) is 0 Å². The Morgan fingerprint density at radius 3 is 1.60 bits per heavy atom. The van der Waals surface area contributed by atoms with E-state index in [1.807, 2.05) is 0 Å². The quantitative estimate of drug-likeness (QED) is 0.754. The van der Waals surface area contributed by atoms with Crippen LogP contribution in [0.2, 0.25) is 26.2 Å². The predicted octanol–water partition coefficient (Wildman–Crippen LogP) is 3.91. The van der Waals surface area contributed by atoms with Crippen molar-refractivity contribution in [2.75, 3.05) is 0 Å². The molecule has 2 rings (SSSR count). The van der Waals surface area contributed by atoms with Crippen LogP contribution >= 0.6 is 0 Å². The molecule has 0 unspecified atom stereocenters. The summed E-state index contributed by atoms with van der Waals surface area (Å²) < 4.78 is 0. The highest BCUT2D eigenvalue weighted by Crippen LogP contribution is 2.22. The van der Waals surface area contributed by atoms with Crippen molar-refractivity contribution in [2.24, 2.45) is 0 Å². The van der Waals surface area contributed by atoms with Crippen molar-refractivity contribution < 1.29 is 0 Å². The standard InChI is InChI=1S/C18H26Si2/c1-15-11-10-12-16(2)18(15)20(5,6)19(3,4)17-13-8-7-9-14-17/h7-14H,1-6H3. The van der Waals surface area contributed by atoms with Crippen molar-refractivity contribution in [2.45, 2.75) is 40.0 Å². The molecule has 2 aromatic rings. The van der Waals surface area contributed by atoms with Crippen LogP contribution in [0, 0.1) is 13.8 Å². The van der Waals surface area contributed by atoms with Gasteiger partial charge in [-0.05, 0) is 13.8 Å². The van der Waals surface area contributed by atoms with E-state index in [9.17, 15) is 0 Å². The lowest BCUT2D eigenvalue weighted by Crippen LogP contribution is -2.70. The molecule has 0 fully saturated rings. The van der Waals surface area contributed by atoms with Gasteiger partial charge in [0.15, 0.2) is 0 Å². The highest BCUT2D eigenvalue weighted by Gasteiger charge is 2.44. The average Bonchev–Trinajstić information content (AvgIpc) is 2.39. The summed E-state index contributed by atoms with van der Waals surface area (Å²) >= 11 is 0. The van der Waals surface area contributed by atoms with E-state index in [0.717, 1.165) is 0 Å². The van der Waals surface area contributed by atoms with Crippen LogP contribution in [0.5, 0.6) is 0 Å². The van der Waals surface area contributed by atoms with Gasteiger partial charge < -0.3 is 0 Å². The molecule has 0 aliphatic carbocycles. The molecule has 0 nitrogen and oxygen atoms in total. The molecule has 0 bridgehead atoms. The summed E-state index contributed by atoms with van der Waals surface area (Å²) in [5.41, 5.74) is 2.97. The van der Waals surface area contributed by atoms with Gasteiger partial charge in [0.05, 0.1) is 15.2 Å². The van der Waals surface area contributed by atoms with Crippen molar-refractivity contribution >= 4 is 25.6 Å². The summed E-state index contributed by atoms with van der Waals surface area (Å²) in [7, 11) is -2.97. The summed E-state index contributed by atoms with van der Waals surface area (Å²) in [6, 6.07) is 18.0. The Morgan fingerprint density at radius 2 is 1.10 bits per heavy atom. The first-order valence-electron chi connectivity index (χ1n) is 7.40. The van der Waals surface area contributed by atoms with E-state index in [1.165, 1.54) is 11.1 Å². The number of hydrogen-bond acceptors (Lipinski definition) is 0. The van der Waals surface area contributed by atoms with Crippen LogP contribution in [-0.4, -0.2) is 15.2 Å². The van der Waals surface area contributed by atoms with E-state index in [4.69, 9.17) is 0 Å². The second-order valence-electron chi connectivity index (χ2n) is 6.88. The normalized spacial score (nSPS) is 12.5. The molecule has 0 radical (unpaired) electrons. The smallest absolute Gasteiger partial charge is 0.0671 e. The van der Waals surface area contributed by atoms with Gasteiger partial charge in [-0.3, -0.25) is 0 Å². The summed E-state index contributed by atoms with van der Waals surface area (Å²) in [4.78, 5) is 0. The topological polar surface area (TPSA) is 0 Å². The third-order valence-electron chi connectivity index (χ3n) is 5.16. The lowest BCUT2D eigenvalue weighted by atomic mass is 10.2. The largest absolute Gasteiger partial charge is 0.0798 e. The first kappa shape index (κ1) is 15.3. The minimum Gasteiger partial charge on any atom is -0.0671 e. The molecule has 0 spiro atoms. The Labute approximate surface area is 125 Å². The predicted molar refractivity (Wildman–Crippen MR) is 96.6 cm³/mol. The minimum absolute atomic E-state index is 1.47. The van der Waals surface area contributed by atoms with E-state index < -0.39 is 15.2 Å². The maximum Gasteiger partial charge on any atom is 0.0798 e. The summed E-state index contributed by atoms with van der Waals surface area (Å²) in [5, 5.41) is 3.28. The first-order valence-corrected chi connectivity index (χ1v) is 14.4. The lowest BCUT2D eigenvalue weighted by molar-refractivity contribution is 1.42. The monoisotopic (exact) mass is 298 g/mol. The molecule has 2 aromatic carbocycles. The van der Waals surface area contributed by atoms with Crippen molar-refractivity contribution in [1.82, 2.24) is 0 Å². The van der Waals surface area contributed by atoms with Gasteiger partial charge >= 0.3 is 0 Å². The zero-order valence-corrected chi connectivity index (χ0v) is 15.6. The van der Waals surface area contributed by atoms with Gasteiger partial charge in [-0.15, -0.1) is 0 Å². The van der Waals surface area contributed by atoms with E-state index >= 15 is 0 Å². The van der Waals surface area contributed by atoms with Gasteiger partial charge in [0.2, 0.25) is 0 Å². The Morgan fingerprint density at radius 1 is 0.600 bits per heavy atom. The fourth-order valence-corrected chi connectivity index (χ4v) is 13.6. The van der Waals surface area contributed by atoms with E-state index in [2.05, 4.69) is 88.6 Å². The van der Waals surface area contributed by atoms with Gasteiger partial charge in [0.25, 0.3) is 0 Å². The van der Waals surface area contributed by atoms with Crippen molar-refractivity contribution in [1.29, 1.82) is 0 Å². The Hall–Kier alpha value is -1.13. The molecule has 0 N–H and O–H groups in total. The molecule has 0 saturated heterocycles. The fourth-order valence-electron chi connectivity index (χ4n) is 3.33. The summed E-state index contributed by atoms with van der Waals surface area (Å²) in [5.74, 6) is 0. The van der Waals surface area contributed by atoms with E-state index in [-0.39, 0.29) is 0 Å². The van der Waals surface area contributed by atoms with E-state index in [1.54, 1.807) is 10.4 Å². The highest BCUT2D eigenvalue weighted by atomic mass is 29.3. The number of aryl methyl sites for hydroxylation is 2. The zero-order chi connectivity index (χ0) is 15.0. The maximum absolute atomic E-state index is 2.57. The van der Waals surface area contributed by atoms with Crippen molar-refractivity contribution in [3.05, 3.63) is 59.7 Å². The van der Waals surface area contributed by atoms with Crippen LogP contribution < -0.4 is 10.4 Å². The molecule has 106 valence electrons. The SMILES string of the molecule is Cc1cccc(C)c1[Si](C)(C)[Si](C)(C)c1ccccc1. The molecular formula is C18H26Si2. The molecule has 20 heavy (non-hydrogen) atoms. The number of hydrogen-bond donors (Lipinski definition) is 0. The maximum atomic E-state index is 2.57. The molecule has 0 aliphatic rings. The molecule has 0 amide bonds. The Kier molecular flexibility index (Phi) is 4.08. The van der Waals surface area contributed by atoms with E-state index in [0.29, 0.717) is 0 Å². The molecule has 0 aliphatic heterocycles. The van der Waals surface area contributed by atoms with Crippen LogP contribution in [0.1, 0.15) is 11.1 Å². The van der Waals surface area contributed by atoms with Gasteiger partial charge in [0, 0.05) is 0 Å². The Balaban J connectivity index is 2.60. The molecule has 0 heterocycles. The summed E-state index contributed by atoms with van der Waals surface area (Å²) in [6.07, 6.45) is 0. The summed E-state index contributed by atoms with van der Waals surface area (Å²) in [6.45, 7) is 14.8. The molecular weight excluding hydrogens is 272 g/mol. The highest BCUT2D eigenvalue weighted by molar-refractivity contribution is 7.50. The van der Waals surface area contributed by atoms with Gasteiger partial charge in [0.1, 0.15) is 0 Å². The molecule has 2 heteroatoms. The van der Waals surface area contributed by atoms with Gasteiger partial charge in [-0.1, -0.05) is 96.2 Å². The van der Waals surface area contributed by atoms with Crippen LogP contribution in [0.3, 0.4) is 0 Å². The second-order valence-corrected chi connectivity index (χ2v) is 22.0. The zero-order valence-electron chi connectivity index (χ0n) is 13.6. The lowest BCUT2D eigenvalue weighted by Gasteiger charge is -2.41. The third kappa shape index (κ3) is 2.42. The molecule has 0 aromatic heterocycles.